The summed E-state index contributed by atoms with van der Waals surface area (Å²) in [6, 6.07) is 0. The maximum absolute atomic E-state index is 13.0. The van der Waals surface area contributed by atoms with Crippen molar-refractivity contribution in [3.05, 3.63) is 0 Å². The molecule has 19 heteroatoms. The van der Waals surface area contributed by atoms with Crippen molar-refractivity contribution in [1.82, 2.24) is 0 Å². The highest BCUT2D eigenvalue weighted by Crippen LogP contribution is 2.45. The van der Waals surface area contributed by atoms with E-state index in [2.05, 4.69) is 55.4 Å². The van der Waals surface area contributed by atoms with Gasteiger partial charge in [-0.15, -0.1) is 0 Å². The van der Waals surface area contributed by atoms with Crippen molar-refractivity contribution in [3.63, 3.8) is 0 Å². The lowest BCUT2D eigenvalue weighted by atomic mass is 10.0. The van der Waals surface area contributed by atoms with Crippen LogP contribution in [0.3, 0.4) is 0 Å². The topological polar surface area (TPSA) is 237 Å². The number of rotatable bonds is 67. The fourth-order valence-corrected chi connectivity index (χ4v) is 12.1. The largest absolute Gasteiger partial charge is 0.472 e. The summed E-state index contributed by atoms with van der Waals surface area (Å²) in [6.07, 6.45) is 41.8. The summed E-state index contributed by atoms with van der Waals surface area (Å²) >= 11 is 0. The van der Waals surface area contributed by atoms with Gasteiger partial charge in [-0.3, -0.25) is 37.3 Å². The van der Waals surface area contributed by atoms with Gasteiger partial charge in [0.05, 0.1) is 26.4 Å². The average molecular weight is 1310 g/mol. The Morgan fingerprint density at radius 2 is 0.472 bits per heavy atom. The van der Waals surface area contributed by atoms with Crippen LogP contribution in [0.15, 0.2) is 0 Å². The van der Waals surface area contributed by atoms with E-state index in [0.29, 0.717) is 31.6 Å². The van der Waals surface area contributed by atoms with E-state index in [0.717, 1.165) is 114 Å². The zero-order valence-corrected chi connectivity index (χ0v) is 59.8. The molecular formula is C70H136O17P2. The molecule has 3 N–H and O–H groups in total. The fourth-order valence-electron chi connectivity index (χ4n) is 10.5. The predicted molar refractivity (Wildman–Crippen MR) is 358 cm³/mol. The first kappa shape index (κ1) is 87.1. The van der Waals surface area contributed by atoms with Crippen LogP contribution in [0, 0.1) is 23.7 Å². The zero-order chi connectivity index (χ0) is 66.1. The normalized spacial score (nSPS) is 14.3. The summed E-state index contributed by atoms with van der Waals surface area (Å²) in [5, 5.41) is 10.6. The smallest absolute Gasteiger partial charge is 0.462 e. The molecule has 0 saturated heterocycles. The molecule has 5 atom stereocenters. The van der Waals surface area contributed by atoms with Crippen molar-refractivity contribution >= 4 is 39.5 Å². The van der Waals surface area contributed by atoms with Crippen LogP contribution in [-0.2, 0) is 65.4 Å². The molecule has 0 aromatic rings. The van der Waals surface area contributed by atoms with Gasteiger partial charge in [-0.1, -0.05) is 293 Å². The molecule has 3 unspecified atom stereocenters. The van der Waals surface area contributed by atoms with Gasteiger partial charge in [0, 0.05) is 25.7 Å². The summed E-state index contributed by atoms with van der Waals surface area (Å²) in [6.45, 7) is 14.1. The number of carbonyl (C=O) groups excluding carboxylic acids is 4. The first-order valence-corrected chi connectivity index (χ1v) is 39.2. The van der Waals surface area contributed by atoms with Gasteiger partial charge in [-0.25, -0.2) is 9.13 Å². The number of esters is 4. The Hall–Kier alpha value is -1.94. The van der Waals surface area contributed by atoms with E-state index in [-0.39, 0.29) is 25.7 Å². The molecule has 0 aliphatic carbocycles. The van der Waals surface area contributed by atoms with Crippen molar-refractivity contribution in [2.24, 2.45) is 23.7 Å². The van der Waals surface area contributed by atoms with E-state index in [1.165, 1.54) is 141 Å². The number of ether oxygens (including phenoxy) is 4. The lowest BCUT2D eigenvalue weighted by molar-refractivity contribution is -0.161. The molecule has 0 fully saturated rings. The minimum atomic E-state index is -4.95. The summed E-state index contributed by atoms with van der Waals surface area (Å²) in [7, 11) is -9.90. The van der Waals surface area contributed by atoms with Gasteiger partial charge in [0.2, 0.25) is 0 Å². The summed E-state index contributed by atoms with van der Waals surface area (Å²) in [5.74, 6) is 0.824. The number of phosphoric ester groups is 2. The third kappa shape index (κ3) is 64.6. The molecule has 0 aromatic heterocycles. The predicted octanol–water partition coefficient (Wildman–Crippen LogP) is 19.7. The lowest BCUT2D eigenvalue weighted by Gasteiger charge is -2.21. The second-order valence-corrected chi connectivity index (χ2v) is 30.1. The Morgan fingerprint density at radius 3 is 0.697 bits per heavy atom. The summed E-state index contributed by atoms with van der Waals surface area (Å²) < 4.78 is 68.3. The van der Waals surface area contributed by atoms with Gasteiger partial charge < -0.3 is 33.8 Å². The van der Waals surface area contributed by atoms with Gasteiger partial charge in [-0.2, -0.15) is 0 Å². The molecule has 0 aliphatic heterocycles. The van der Waals surface area contributed by atoms with Crippen molar-refractivity contribution in [1.29, 1.82) is 0 Å². The highest BCUT2D eigenvalue weighted by Gasteiger charge is 2.30. The van der Waals surface area contributed by atoms with E-state index in [1.807, 2.05) is 0 Å². The monoisotopic (exact) mass is 1310 g/mol. The third-order valence-electron chi connectivity index (χ3n) is 16.1. The first-order chi connectivity index (χ1) is 42.6. The van der Waals surface area contributed by atoms with Gasteiger partial charge in [0.15, 0.2) is 12.2 Å². The number of hydrogen-bond donors (Lipinski definition) is 3. The van der Waals surface area contributed by atoms with E-state index in [1.54, 1.807) is 0 Å². The Balaban J connectivity index is 5.25. The number of hydrogen-bond acceptors (Lipinski definition) is 15. The minimum Gasteiger partial charge on any atom is -0.462 e. The van der Waals surface area contributed by atoms with Gasteiger partial charge in [0.25, 0.3) is 0 Å². The molecule has 17 nitrogen and oxygen atoms in total. The van der Waals surface area contributed by atoms with Crippen LogP contribution in [0.25, 0.3) is 0 Å². The molecule has 0 bridgehead atoms. The quantitative estimate of drug-likeness (QED) is 0.0222. The average Bonchev–Trinajstić information content (AvgIpc) is 3.50. The molecule has 0 aromatic carbocycles. The van der Waals surface area contributed by atoms with Crippen LogP contribution >= 0.6 is 15.6 Å². The van der Waals surface area contributed by atoms with E-state index >= 15 is 0 Å². The molecule has 0 rings (SSSR count). The number of phosphoric acid groups is 2. The second kappa shape index (κ2) is 59.8. The molecule has 0 aliphatic rings. The van der Waals surface area contributed by atoms with Crippen molar-refractivity contribution < 1.29 is 80.2 Å². The third-order valence-corrected chi connectivity index (χ3v) is 18.0. The Bertz CT molecular complexity index is 1760. The number of aliphatic hydroxyl groups is 1. The molecular weight excluding hydrogens is 1170 g/mol. The Kier molecular flexibility index (Phi) is 58.5. The Labute approximate surface area is 543 Å². The number of unbranched alkanes of at least 4 members (excludes halogenated alkanes) is 33. The van der Waals surface area contributed by atoms with Crippen LogP contribution in [0.4, 0.5) is 0 Å². The first-order valence-electron chi connectivity index (χ1n) is 36.2. The van der Waals surface area contributed by atoms with E-state index < -0.39 is 97.5 Å². The molecule has 0 heterocycles. The minimum absolute atomic E-state index is 0.104. The van der Waals surface area contributed by atoms with Gasteiger partial charge in [0.1, 0.15) is 19.3 Å². The van der Waals surface area contributed by atoms with Crippen LogP contribution in [0.5, 0.6) is 0 Å². The molecule has 528 valence electrons. The number of carbonyl (C=O) groups is 4. The zero-order valence-electron chi connectivity index (χ0n) is 58.1. The van der Waals surface area contributed by atoms with E-state index in [9.17, 15) is 43.2 Å². The summed E-state index contributed by atoms with van der Waals surface area (Å²) in [4.78, 5) is 72.5. The summed E-state index contributed by atoms with van der Waals surface area (Å²) in [5.41, 5.74) is 0. The molecule has 0 radical (unpaired) electrons. The van der Waals surface area contributed by atoms with Crippen molar-refractivity contribution in [2.45, 2.75) is 363 Å². The molecule has 89 heavy (non-hydrogen) atoms. The molecule has 0 amide bonds. The van der Waals surface area contributed by atoms with Crippen LogP contribution in [0.1, 0.15) is 344 Å². The highest BCUT2D eigenvalue weighted by atomic mass is 31.2. The Morgan fingerprint density at radius 1 is 0.281 bits per heavy atom. The van der Waals surface area contributed by atoms with Crippen molar-refractivity contribution in [2.75, 3.05) is 39.6 Å². The number of aliphatic hydroxyl groups excluding tert-OH is 1. The van der Waals surface area contributed by atoms with Crippen LogP contribution in [0.2, 0.25) is 0 Å². The molecule has 0 saturated carbocycles. The maximum atomic E-state index is 13.0. The van der Waals surface area contributed by atoms with Gasteiger partial charge >= 0.3 is 39.5 Å². The highest BCUT2D eigenvalue weighted by molar-refractivity contribution is 7.47. The lowest BCUT2D eigenvalue weighted by Crippen LogP contribution is -2.30. The SMILES string of the molecule is CC(C)CCCCCCCCCCCCCCCC(=O)O[C@H](COC(=O)CCCCCCCCCCC(C)C)COP(=O)(O)OCC(O)COP(=O)(O)OC[C@@H](COC(=O)CCCCCCCCCC(C)C)OC(=O)CCCCCCCCCCCC(C)C. The van der Waals surface area contributed by atoms with E-state index in [4.69, 9.17) is 37.0 Å². The fraction of sp³-hybridized carbons (Fsp3) is 0.943. The second-order valence-electron chi connectivity index (χ2n) is 27.2. The van der Waals surface area contributed by atoms with Crippen LogP contribution in [-0.4, -0.2) is 96.7 Å². The molecule has 0 spiro atoms. The van der Waals surface area contributed by atoms with Gasteiger partial charge in [-0.05, 0) is 49.4 Å². The van der Waals surface area contributed by atoms with Crippen molar-refractivity contribution in [3.8, 4) is 0 Å². The maximum Gasteiger partial charge on any atom is 0.472 e. The standard InChI is InChI=1S/C70H136O17P2/c1-60(2)46-38-30-22-15-12-10-9-11-13-17-27-36-44-52-69(74)86-65(56-80-67(72)50-42-34-26-20-19-24-32-40-48-62(5)6)58-84-88(76,77)82-54-64(71)55-83-89(78,79)85-59-66(57-81-68(73)51-43-35-29-21-25-33-41-49-63(7)8)87-70(75)53-45-37-28-18-14-16-23-31-39-47-61(3)4/h60-66,71H,9-59H2,1-8H3,(H,76,77)(H,78,79)/t64?,65-,66-/m1/s1. The van der Waals surface area contributed by atoms with Crippen LogP contribution < -0.4 is 0 Å².